The number of hydrogen-bond donors (Lipinski definition) is 0. The molecule has 4 rings (SSSR count). The van der Waals surface area contributed by atoms with Crippen molar-refractivity contribution >= 4 is 0 Å². The summed E-state index contributed by atoms with van der Waals surface area (Å²) in [6.45, 7) is 3.23. The fourth-order valence-corrected chi connectivity index (χ4v) is 3.37. The highest BCUT2D eigenvalue weighted by Gasteiger charge is 2.26. The Morgan fingerprint density at radius 2 is 2.00 bits per heavy atom. The van der Waals surface area contributed by atoms with E-state index in [1.54, 1.807) is 0 Å². The SMILES string of the molecule is CCCOc1ccc2c(c1)C(c1ccc3c(c1)OCO3)CC2. The Kier molecular flexibility index (Phi) is 3.41. The van der Waals surface area contributed by atoms with Crippen molar-refractivity contribution in [2.24, 2.45) is 0 Å². The van der Waals surface area contributed by atoms with Crippen LogP contribution < -0.4 is 14.2 Å². The molecule has 2 aliphatic rings. The monoisotopic (exact) mass is 296 g/mol. The molecule has 1 heterocycles. The first kappa shape index (κ1) is 13.5. The van der Waals surface area contributed by atoms with Crippen LogP contribution in [0.2, 0.25) is 0 Å². The maximum absolute atomic E-state index is 5.79. The molecule has 0 amide bonds. The molecule has 22 heavy (non-hydrogen) atoms. The standard InChI is InChI=1S/C19H20O3/c1-2-9-20-15-6-3-13-4-7-16(17(13)11-15)14-5-8-18-19(10-14)22-12-21-18/h3,5-6,8,10-11,16H,2,4,7,9,12H2,1H3. The van der Waals surface area contributed by atoms with E-state index >= 15 is 0 Å². The highest BCUT2D eigenvalue weighted by Crippen LogP contribution is 2.43. The van der Waals surface area contributed by atoms with E-state index in [1.807, 2.05) is 6.07 Å². The summed E-state index contributed by atoms with van der Waals surface area (Å²) in [7, 11) is 0. The summed E-state index contributed by atoms with van der Waals surface area (Å²) in [5.41, 5.74) is 4.13. The van der Waals surface area contributed by atoms with E-state index in [9.17, 15) is 0 Å². The van der Waals surface area contributed by atoms with Gasteiger partial charge in [-0.1, -0.05) is 19.1 Å². The van der Waals surface area contributed by atoms with Gasteiger partial charge < -0.3 is 14.2 Å². The molecule has 1 atom stereocenters. The van der Waals surface area contributed by atoms with E-state index < -0.39 is 0 Å². The minimum Gasteiger partial charge on any atom is -0.494 e. The number of rotatable bonds is 4. The molecule has 0 aromatic heterocycles. The van der Waals surface area contributed by atoms with Gasteiger partial charge in [-0.15, -0.1) is 0 Å². The van der Waals surface area contributed by atoms with Crippen LogP contribution in [0.15, 0.2) is 36.4 Å². The molecule has 0 saturated heterocycles. The molecule has 3 nitrogen and oxygen atoms in total. The van der Waals surface area contributed by atoms with Crippen molar-refractivity contribution < 1.29 is 14.2 Å². The predicted octanol–water partition coefficient (Wildman–Crippen LogP) is 4.28. The molecule has 0 N–H and O–H groups in total. The topological polar surface area (TPSA) is 27.7 Å². The van der Waals surface area contributed by atoms with Gasteiger partial charge in [0.25, 0.3) is 0 Å². The minimum absolute atomic E-state index is 0.328. The normalized spacial score (nSPS) is 18.3. The van der Waals surface area contributed by atoms with Crippen molar-refractivity contribution in [2.45, 2.75) is 32.1 Å². The largest absolute Gasteiger partial charge is 0.494 e. The first-order valence-electron chi connectivity index (χ1n) is 8.00. The van der Waals surface area contributed by atoms with Gasteiger partial charge in [-0.2, -0.15) is 0 Å². The second-order valence-corrected chi connectivity index (χ2v) is 5.91. The van der Waals surface area contributed by atoms with E-state index in [-0.39, 0.29) is 0 Å². The lowest BCUT2D eigenvalue weighted by molar-refractivity contribution is 0.174. The lowest BCUT2D eigenvalue weighted by atomic mass is 9.92. The predicted molar refractivity (Wildman–Crippen MR) is 85.0 cm³/mol. The Hall–Kier alpha value is -2.16. The fourth-order valence-electron chi connectivity index (χ4n) is 3.37. The molecule has 0 spiro atoms. The third kappa shape index (κ3) is 2.31. The zero-order valence-corrected chi connectivity index (χ0v) is 12.8. The van der Waals surface area contributed by atoms with Crippen molar-refractivity contribution in [2.75, 3.05) is 13.4 Å². The van der Waals surface area contributed by atoms with Crippen LogP contribution in [0.25, 0.3) is 0 Å². The molecule has 0 fully saturated rings. The van der Waals surface area contributed by atoms with Crippen LogP contribution >= 0.6 is 0 Å². The number of fused-ring (bicyclic) bond motifs is 2. The molecule has 0 bridgehead atoms. The first-order valence-corrected chi connectivity index (χ1v) is 8.00. The molecule has 2 aromatic rings. The van der Waals surface area contributed by atoms with Gasteiger partial charge in [0, 0.05) is 5.92 Å². The van der Waals surface area contributed by atoms with Gasteiger partial charge in [0.15, 0.2) is 11.5 Å². The summed E-state index contributed by atoms with van der Waals surface area (Å²) in [6, 6.07) is 12.8. The van der Waals surface area contributed by atoms with E-state index in [2.05, 4.69) is 37.3 Å². The Morgan fingerprint density at radius 3 is 2.91 bits per heavy atom. The second-order valence-electron chi connectivity index (χ2n) is 5.91. The quantitative estimate of drug-likeness (QED) is 0.842. The van der Waals surface area contributed by atoms with Gasteiger partial charge in [0.1, 0.15) is 5.75 Å². The highest BCUT2D eigenvalue weighted by molar-refractivity contribution is 5.51. The summed E-state index contributed by atoms with van der Waals surface area (Å²) in [6.07, 6.45) is 3.30. The molecule has 0 saturated carbocycles. The van der Waals surface area contributed by atoms with Crippen molar-refractivity contribution in [3.05, 3.63) is 53.1 Å². The Labute approximate surface area is 130 Å². The van der Waals surface area contributed by atoms with Crippen molar-refractivity contribution in [3.8, 4) is 17.2 Å². The van der Waals surface area contributed by atoms with E-state index in [1.165, 1.54) is 16.7 Å². The molecule has 3 heteroatoms. The van der Waals surface area contributed by atoms with Crippen molar-refractivity contribution in [3.63, 3.8) is 0 Å². The summed E-state index contributed by atoms with van der Waals surface area (Å²) >= 11 is 0. The molecule has 0 radical (unpaired) electrons. The van der Waals surface area contributed by atoms with E-state index in [4.69, 9.17) is 14.2 Å². The number of ether oxygens (including phenoxy) is 3. The van der Waals surface area contributed by atoms with Gasteiger partial charge >= 0.3 is 0 Å². The average molecular weight is 296 g/mol. The first-order chi connectivity index (χ1) is 10.8. The minimum atomic E-state index is 0.328. The highest BCUT2D eigenvalue weighted by atomic mass is 16.7. The van der Waals surface area contributed by atoms with Gasteiger partial charge in [-0.3, -0.25) is 0 Å². The lowest BCUT2D eigenvalue weighted by Crippen LogP contribution is -1.99. The lowest BCUT2D eigenvalue weighted by Gasteiger charge is -2.14. The van der Waals surface area contributed by atoms with Crippen molar-refractivity contribution in [1.29, 1.82) is 0 Å². The van der Waals surface area contributed by atoms with Crippen LogP contribution in [0.4, 0.5) is 0 Å². The molecule has 1 unspecified atom stereocenters. The average Bonchev–Trinajstić information content (AvgIpc) is 3.18. The third-order valence-corrected chi connectivity index (χ3v) is 4.47. The molecule has 114 valence electrons. The van der Waals surface area contributed by atoms with Crippen LogP contribution in [0, 0.1) is 0 Å². The van der Waals surface area contributed by atoms with E-state index in [0.717, 1.165) is 43.1 Å². The Morgan fingerprint density at radius 1 is 1.09 bits per heavy atom. The number of hydrogen-bond acceptors (Lipinski definition) is 3. The van der Waals surface area contributed by atoms with E-state index in [0.29, 0.717) is 12.7 Å². The number of aryl methyl sites for hydroxylation is 1. The summed E-state index contributed by atoms with van der Waals surface area (Å²) in [5, 5.41) is 0. The maximum atomic E-state index is 5.79. The smallest absolute Gasteiger partial charge is 0.231 e. The Balaban J connectivity index is 1.65. The molecule has 2 aromatic carbocycles. The van der Waals surface area contributed by atoms with Gasteiger partial charge in [-0.25, -0.2) is 0 Å². The van der Waals surface area contributed by atoms with Crippen LogP contribution in [0.3, 0.4) is 0 Å². The fraction of sp³-hybridized carbons (Fsp3) is 0.368. The van der Waals surface area contributed by atoms with Crippen LogP contribution in [-0.4, -0.2) is 13.4 Å². The number of benzene rings is 2. The molecular weight excluding hydrogens is 276 g/mol. The van der Waals surface area contributed by atoms with Gasteiger partial charge in [0.05, 0.1) is 6.61 Å². The van der Waals surface area contributed by atoms with Crippen LogP contribution in [0.1, 0.15) is 42.4 Å². The molecular formula is C19H20O3. The zero-order chi connectivity index (χ0) is 14.9. The molecule has 1 aliphatic carbocycles. The summed E-state index contributed by atoms with van der Waals surface area (Å²) < 4.78 is 16.7. The van der Waals surface area contributed by atoms with Gasteiger partial charge in [0.2, 0.25) is 6.79 Å². The Bertz CT molecular complexity index is 693. The molecule has 1 aliphatic heterocycles. The third-order valence-electron chi connectivity index (χ3n) is 4.47. The van der Waals surface area contributed by atoms with Crippen LogP contribution in [0.5, 0.6) is 17.2 Å². The maximum Gasteiger partial charge on any atom is 0.231 e. The van der Waals surface area contributed by atoms with Crippen LogP contribution in [-0.2, 0) is 6.42 Å². The summed E-state index contributed by atoms with van der Waals surface area (Å²) in [4.78, 5) is 0. The zero-order valence-electron chi connectivity index (χ0n) is 12.8. The summed E-state index contributed by atoms with van der Waals surface area (Å²) in [5.74, 6) is 3.12. The van der Waals surface area contributed by atoms with Gasteiger partial charge in [-0.05, 0) is 60.2 Å². The van der Waals surface area contributed by atoms with Crippen molar-refractivity contribution in [1.82, 2.24) is 0 Å². The second kappa shape index (κ2) is 5.56.